The molecule has 4 heteroatoms. The predicted molar refractivity (Wildman–Crippen MR) is 68.1 cm³/mol. The monoisotopic (exact) mass is 265 g/mol. The van der Waals surface area contributed by atoms with Gasteiger partial charge in [-0.2, -0.15) is 0 Å². The third-order valence-corrected chi connectivity index (χ3v) is 2.94. The summed E-state index contributed by atoms with van der Waals surface area (Å²) in [5, 5.41) is 0. The highest BCUT2D eigenvalue weighted by molar-refractivity contribution is 5.22. The summed E-state index contributed by atoms with van der Waals surface area (Å²) in [6.45, 7) is 0. The van der Waals surface area contributed by atoms with E-state index in [9.17, 15) is 13.2 Å². The third-order valence-electron chi connectivity index (χ3n) is 2.94. The van der Waals surface area contributed by atoms with Crippen molar-refractivity contribution in [2.75, 3.05) is 0 Å². The molecule has 2 aromatic rings. The fourth-order valence-electron chi connectivity index (χ4n) is 1.98. The Morgan fingerprint density at radius 2 is 1.42 bits per heavy atom. The number of benzene rings is 2. The first-order valence-corrected chi connectivity index (χ1v) is 5.99. The topological polar surface area (TPSA) is 26.0 Å². The Balaban J connectivity index is 2.05. The molecule has 0 fully saturated rings. The lowest BCUT2D eigenvalue weighted by Gasteiger charge is -2.13. The lowest BCUT2D eigenvalue weighted by molar-refractivity contribution is 0.533. The molecule has 0 amide bonds. The minimum Gasteiger partial charge on any atom is -0.327 e. The molecule has 0 spiro atoms. The van der Waals surface area contributed by atoms with E-state index in [4.69, 9.17) is 5.73 Å². The first-order chi connectivity index (χ1) is 9.06. The maximum absolute atomic E-state index is 13.5. The van der Waals surface area contributed by atoms with Crippen LogP contribution in [-0.2, 0) is 12.8 Å². The quantitative estimate of drug-likeness (QED) is 0.902. The predicted octanol–water partition coefficient (Wildman–Crippen LogP) is 3.22. The first-order valence-electron chi connectivity index (χ1n) is 5.99. The second-order valence-electron chi connectivity index (χ2n) is 4.50. The van der Waals surface area contributed by atoms with Crippen molar-refractivity contribution in [3.63, 3.8) is 0 Å². The van der Waals surface area contributed by atoms with Gasteiger partial charge in [-0.25, -0.2) is 13.2 Å². The van der Waals surface area contributed by atoms with Crippen LogP contribution in [0.3, 0.4) is 0 Å². The molecular formula is C15H14F3N. The number of hydrogen-bond donors (Lipinski definition) is 1. The van der Waals surface area contributed by atoms with Gasteiger partial charge in [-0.1, -0.05) is 18.2 Å². The molecule has 2 aromatic carbocycles. The van der Waals surface area contributed by atoms with Crippen LogP contribution in [0.2, 0.25) is 0 Å². The Morgan fingerprint density at radius 1 is 0.842 bits per heavy atom. The summed E-state index contributed by atoms with van der Waals surface area (Å²) < 4.78 is 39.7. The SMILES string of the molecule is NC(Cc1ccc(F)cc1)Cc1c(F)cccc1F. The van der Waals surface area contributed by atoms with E-state index in [0.717, 1.165) is 5.56 Å². The van der Waals surface area contributed by atoms with Gasteiger partial charge in [0.1, 0.15) is 17.5 Å². The molecule has 2 N–H and O–H groups in total. The van der Waals surface area contributed by atoms with E-state index in [2.05, 4.69) is 0 Å². The molecule has 0 aliphatic rings. The summed E-state index contributed by atoms with van der Waals surface area (Å²) in [7, 11) is 0. The van der Waals surface area contributed by atoms with E-state index in [1.165, 1.54) is 30.3 Å². The maximum atomic E-state index is 13.5. The van der Waals surface area contributed by atoms with Crippen molar-refractivity contribution >= 4 is 0 Å². The van der Waals surface area contributed by atoms with Gasteiger partial charge in [0.15, 0.2) is 0 Å². The van der Waals surface area contributed by atoms with E-state index in [-0.39, 0.29) is 17.8 Å². The highest BCUT2D eigenvalue weighted by Crippen LogP contribution is 2.15. The second kappa shape index (κ2) is 5.89. The van der Waals surface area contributed by atoms with Crippen molar-refractivity contribution < 1.29 is 13.2 Å². The van der Waals surface area contributed by atoms with E-state index < -0.39 is 17.7 Å². The number of rotatable bonds is 4. The highest BCUT2D eigenvalue weighted by atomic mass is 19.1. The minimum absolute atomic E-state index is 0.00267. The first kappa shape index (κ1) is 13.6. The molecule has 0 bridgehead atoms. The Morgan fingerprint density at radius 3 is 2.00 bits per heavy atom. The zero-order valence-corrected chi connectivity index (χ0v) is 10.2. The molecule has 2 rings (SSSR count). The van der Waals surface area contributed by atoms with Gasteiger partial charge in [-0.15, -0.1) is 0 Å². The van der Waals surface area contributed by atoms with Gasteiger partial charge in [-0.05, 0) is 42.7 Å². The van der Waals surface area contributed by atoms with Gasteiger partial charge in [0.2, 0.25) is 0 Å². The van der Waals surface area contributed by atoms with Crippen molar-refractivity contribution in [3.8, 4) is 0 Å². The molecule has 0 aliphatic carbocycles. The Labute approximate surface area is 109 Å². The summed E-state index contributed by atoms with van der Waals surface area (Å²) in [6.07, 6.45) is 0.546. The van der Waals surface area contributed by atoms with Crippen molar-refractivity contribution in [1.29, 1.82) is 0 Å². The fraction of sp³-hybridized carbons (Fsp3) is 0.200. The average Bonchev–Trinajstić information content (AvgIpc) is 2.37. The largest absolute Gasteiger partial charge is 0.327 e. The molecule has 0 heterocycles. The Hall–Kier alpha value is -1.81. The van der Waals surface area contributed by atoms with Crippen LogP contribution in [0, 0.1) is 17.5 Å². The van der Waals surface area contributed by atoms with Crippen LogP contribution >= 0.6 is 0 Å². The third kappa shape index (κ3) is 3.58. The van der Waals surface area contributed by atoms with Crippen molar-refractivity contribution in [1.82, 2.24) is 0 Å². The number of nitrogens with two attached hydrogens (primary N) is 1. The zero-order chi connectivity index (χ0) is 13.8. The van der Waals surface area contributed by atoms with Gasteiger partial charge < -0.3 is 5.73 Å². The lowest BCUT2D eigenvalue weighted by atomic mass is 9.99. The molecule has 1 unspecified atom stereocenters. The summed E-state index contributed by atoms with van der Waals surface area (Å²) in [4.78, 5) is 0. The smallest absolute Gasteiger partial charge is 0.129 e. The molecule has 1 nitrogen and oxygen atoms in total. The van der Waals surface area contributed by atoms with Gasteiger partial charge in [0, 0.05) is 11.6 Å². The van der Waals surface area contributed by atoms with Crippen LogP contribution in [0.1, 0.15) is 11.1 Å². The Bertz CT molecular complexity index is 532. The summed E-state index contributed by atoms with van der Waals surface area (Å²) in [5.41, 5.74) is 6.72. The molecule has 0 radical (unpaired) electrons. The standard InChI is InChI=1S/C15H14F3N/c16-11-6-4-10(5-7-11)8-12(19)9-13-14(17)2-1-3-15(13)18/h1-7,12H,8-9,19H2. The summed E-state index contributed by atoms with van der Waals surface area (Å²) >= 11 is 0. The normalized spacial score (nSPS) is 12.4. The van der Waals surface area contributed by atoms with Gasteiger partial charge in [-0.3, -0.25) is 0 Å². The molecule has 0 aliphatic heterocycles. The zero-order valence-electron chi connectivity index (χ0n) is 10.2. The van der Waals surface area contributed by atoms with Crippen molar-refractivity contribution in [3.05, 3.63) is 71.0 Å². The summed E-state index contributed by atoms with van der Waals surface area (Å²) in [6, 6.07) is 9.24. The lowest BCUT2D eigenvalue weighted by Crippen LogP contribution is -2.26. The van der Waals surface area contributed by atoms with Crippen LogP contribution < -0.4 is 5.73 Å². The minimum atomic E-state index is -0.588. The summed E-state index contributed by atoms with van der Waals surface area (Å²) in [5.74, 6) is -1.50. The van der Waals surface area contributed by atoms with Crippen LogP contribution in [-0.4, -0.2) is 6.04 Å². The molecule has 0 saturated heterocycles. The molecular weight excluding hydrogens is 251 g/mol. The van der Waals surface area contributed by atoms with Crippen LogP contribution in [0.15, 0.2) is 42.5 Å². The molecule has 0 aromatic heterocycles. The van der Waals surface area contributed by atoms with Gasteiger partial charge in [0.05, 0.1) is 0 Å². The molecule has 1 atom stereocenters. The van der Waals surface area contributed by atoms with Crippen molar-refractivity contribution in [2.45, 2.75) is 18.9 Å². The highest BCUT2D eigenvalue weighted by Gasteiger charge is 2.13. The average molecular weight is 265 g/mol. The van der Waals surface area contributed by atoms with Crippen LogP contribution in [0.25, 0.3) is 0 Å². The Kier molecular flexibility index (Phi) is 4.22. The molecule has 0 saturated carbocycles. The fourth-order valence-corrected chi connectivity index (χ4v) is 1.98. The van der Waals surface area contributed by atoms with E-state index in [0.29, 0.717) is 6.42 Å². The molecule has 100 valence electrons. The van der Waals surface area contributed by atoms with Crippen LogP contribution in [0.5, 0.6) is 0 Å². The van der Waals surface area contributed by atoms with Crippen LogP contribution in [0.4, 0.5) is 13.2 Å². The van der Waals surface area contributed by atoms with Gasteiger partial charge >= 0.3 is 0 Å². The van der Waals surface area contributed by atoms with E-state index in [1.807, 2.05) is 0 Å². The second-order valence-corrected chi connectivity index (χ2v) is 4.50. The number of halogens is 3. The maximum Gasteiger partial charge on any atom is 0.129 e. The van der Waals surface area contributed by atoms with E-state index in [1.54, 1.807) is 12.1 Å². The molecule has 19 heavy (non-hydrogen) atoms. The van der Waals surface area contributed by atoms with E-state index >= 15 is 0 Å². The van der Waals surface area contributed by atoms with Crippen molar-refractivity contribution in [2.24, 2.45) is 5.73 Å². The number of hydrogen-bond acceptors (Lipinski definition) is 1. The van der Waals surface area contributed by atoms with Gasteiger partial charge in [0.25, 0.3) is 0 Å².